The van der Waals surface area contributed by atoms with E-state index in [0.717, 1.165) is 6.42 Å². The zero-order valence-electron chi connectivity index (χ0n) is 16.1. The number of carboxylic acid groups (broad SMARTS) is 1. The van der Waals surface area contributed by atoms with Crippen LogP contribution in [0.5, 0.6) is 0 Å². The smallest absolute Gasteiger partial charge is 0.308 e. The number of nitrogens with zero attached hydrogens (tertiary/aromatic N) is 2. The third-order valence-electron chi connectivity index (χ3n) is 5.82. The van der Waals surface area contributed by atoms with E-state index < -0.39 is 17.3 Å². The predicted octanol–water partition coefficient (Wildman–Crippen LogP) is 2.50. The van der Waals surface area contributed by atoms with Gasteiger partial charge in [0.05, 0.1) is 11.3 Å². The van der Waals surface area contributed by atoms with Gasteiger partial charge in [-0.25, -0.2) is 0 Å². The van der Waals surface area contributed by atoms with E-state index in [9.17, 15) is 19.5 Å². The maximum absolute atomic E-state index is 13.3. The Labute approximate surface area is 160 Å². The van der Waals surface area contributed by atoms with Crippen LogP contribution in [0.4, 0.5) is 0 Å². The fourth-order valence-electron chi connectivity index (χ4n) is 4.43. The molecule has 0 aliphatic carbocycles. The van der Waals surface area contributed by atoms with Crippen LogP contribution in [0, 0.1) is 17.3 Å². The summed E-state index contributed by atoms with van der Waals surface area (Å²) in [6.07, 6.45) is 2.09. The van der Waals surface area contributed by atoms with Crippen molar-refractivity contribution in [3.63, 3.8) is 0 Å². The van der Waals surface area contributed by atoms with Gasteiger partial charge in [0.15, 0.2) is 0 Å². The second kappa shape index (κ2) is 7.71. The van der Waals surface area contributed by atoms with Gasteiger partial charge in [-0.15, -0.1) is 0 Å². The lowest BCUT2D eigenvalue weighted by Gasteiger charge is -2.44. The average molecular weight is 372 g/mol. The quantitative estimate of drug-likeness (QED) is 0.884. The SMILES string of the molecule is CC1CC(C(=O)O)CN(C(=O)C2(C)CCCN(C(=O)c3ccccc3)C2)C1. The molecular weight excluding hydrogens is 344 g/mol. The molecule has 0 saturated carbocycles. The highest BCUT2D eigenvalue weighted by Gasteiger charge is 2.44. The minimum Gasteiger partial charge on any atom is -0.481 e. The van der Waals surface area contributed by atoms with Crippen LogP contribution in [-0.4, -0.2) is 58.9 Å². The third kappa shape index (κ3) is 4.15. The van der Waals surface area contributed by atoms with Gasteiger partial charge < -0.3 is 14.9 Å². The zero-order valence-corrected chi connectivity index (χ0v) is 16.1. The number of hydrogen-bond donors (Lipinski definition) is 1. The number of likely N-dealkylation sites (tertiary alicyclic amines) is 2. The Morgan fingerprint density at radius 1 is 1.11 bits per heavy atom. The van der Waals surface area contributed by atoms with Gasteiger partial charge in [-0.2, -0.15) is 0 Å². The molecule has 0 radical (unpaired) electrons. The van der Waals surface area contributed by atoms with E-state index in [0.29, 0.717) is 38.0 Å². The molecule has 3 rings (SSSR count). The molecule has 6 nitrogen and oxygen atoms in total. The van der Waals surface area contributed by atoms with Crippen LogP contribution in [0.2, 0.25) is 0 Å². The number of piperidine rings is 2. The molecule has 3 atom stereocenters. The summed E-state index contributed by atoms with van der Waals surface area (Å²) in [6.45, 7) is 5.77. The van der Waals surface area contributed by atoms with Crippen LogP contribution in [0.1, 0.15) is 43.5 Å². The first kappa shape index (κ1) is 19.4. The third-order valence-corrected chi connectivity index (χ3v) is 5.82. The number of amides is 2. The highest BCUT2D eigenvalue weighted by molar-refractivity contribution is 5.95. The number of benzene rings is 1. The highest BCUT2D eigenvalue weighted by Crippen LogP contribution is 2.34. The standard InChI is InChI=1S/C21H28N2O4/c1-15-11-17(19(25)26)13-23(12-15)20(27)21(2)9-6-10-22(14-21)18(24)16-7-4-3-5-8-16/h3-5,7-8,15,17H,6,9-14H2,1-2H3,(H,25,26). The Bertz CT molecular complexity index is 720. The molecule has 1 aromatic carbocycles. The van der Waals surface area contributed by atoms with Crippen LogP contribution < -0.4 is 0 Å². The lowest BCUT2D eigenvalue weighted by Crippen LogP contribution is -2.56. The van der Waals surface area contributed by atoms with Crippen molar-refractivity contribution in [3.8, 4) is 0 Å². The number of aliphatic carboxylic acids is 1. The summed E-state index contributed by atoms with van der Waals surface area (Å²) in [6, 6.07) is 9.13. The van der Waals surface area contributed by atoms with Gasteiger partial charge >= 0.3 is 5.97 Å². The second-order valence-corrected chi connectivity index (χ2v) is 8.34. The Balaban J connectivity index is 1.73. The molecule has 27 heavy (non-hydrogen) atoms. The van der Waals surface area contributed by atoms with E-state index in [4.69, 9.17) is 0 Å². The molecule has 2 saturated heterocycles. The maximum atomic E-state index is 13.3. The van der Waals surface area contributed by atoms with E-state index >= 15 is 0 Å². The molecule has 146 valence electrons. The monoisotopic (exact) mass is 372 g/mol. The van der Waals surface area contributed by atoms with Crippen molar-refractivity contribution in [1.82, 2.24) is 9.80 Å². The summed E-state index contributed by atoms with van der Waals surface area (Å²) in [5, 5.41) is 9.38. The van der Waals surface area contributed by atoms with Gasteiger partial charge in [0.25, 0.3) is 5.91 Å². The predicted molar refractivity (Wildman–Crippen MR) is 101 cm³/mol. The lowest BCUT2D eigenvalue weighted by atomic mass is 9.79. The summed E-state index contributed by atoms with van der Waals surface area (Å²) in [5.74, 6) is -1.25. The van der Waals surface area contributed by atoms with Crippen LogP contribution in [0.15, 0.2) is 30.3 Å². The summed E-state index contributed by atoms with van der Waals surface area (Å²) in [5.41, 5.74) is -0.0326. The first-order chi connectivity index (χ1) is 12.8. The molecule has 1 N–H and O–H groups in total. The van der Waals surface area contributed by atoms with Gasteiger partial charge in [0, 0.05) is 31.7 Å². The summed E-state index contributed by atoms with van der Waals surface area (Å²) >= 11 is 0. The number of carbonyl (C=O) groups is 3. The van der Waals surface area contributed by atoms with Crippen molar-refractivity contribution in [1.29, 1.82) is 0 Å². The van der Waals surface area contributed by atoms with Crippen LogP contribution in [-0.2, 0) is 9.59 Å². The highest BCUT2D eigenvalue weighted by atomic mass is 16.4. The first-order valence-electron chi connectivity index (χ1n) is 9.66. The van der Waals surface area contributed by atoms with Crippen LogP contribution >= 0.6 is 0 Å². The van der Waals surface area contributed by atoms with Crippen molar-refractivity contribution in [3.05, 3.63) is 35.9 Å². The van der Waals surface area contributed by atoms with Crippen molar-refractivity contribution in [2.75, 3.05) is 26.2 Å². The molecule has 1 aromatic rings. The molecule has 2 heterocycles. The molecule has 2 aliphatic heterocycles. The van der Waals surface area contributed by atoms with Crippen molar-refractivity contribution < 1.29 is 19.5 Å². The number of carboxylic acids is 1. The number of hydrogen-bond acceptors (Lipinski definition) is 3. The Kier molecular flexibility index (Phi) is 5.53. The minimum absolute atomic E-state index is 0.0224. The van der Waals surface area contributed by atoms with E-state index in [-0.39, 0.29) is 24.3 Å². The normalized spacial score (nSPS) is 28.7. The molecule has 2 aliphatic rings. The lowest BCUT2D eigenvalue weighted by molar-refractivity contribution is -0.152. The maximum Gasteiger partial charge on any atom is 0.308 e. The Morgan fingerprint density at radius 2 is 1.81 bits per heavy atom. The van der Waals surface area contributed by atoms with Gasteiger partial charge in [0.2, 0.25) is 5.91 Å². The molecule has 0 bridgehead atoms. The van der Waals surface area contributed by atoms with E-state index in [1.807, 2.05) is 32.0 Å². The Morgan fingerprint density at radius 3 is 2.48 bits per heavy atom. The average Bonchev–Trinajstić information content (AvgIpc) is 2.67. The van der Waals surface area contributed by atoms with E-state index in [2.05, 4.69) is 0 Å². The summed E-state index contributed by atoms with van der Waals surface area (Å²) < 4.78 is 0. The van der Waals surface area contributed by atoms with Gasteiger partial charge in [-0.3, -0.25) is 14.4 Å². The topological polar surface area (TPSA) is 77.9 Å². The molecule has 3 unspecified atom stereocenters. The summed E-state index contributed by atoms with van der Waals surface area (Å²) in [4.78, 5) is 41.0. The van der Waals surface area contributed by atoms with Gasteiger partial charge in [-0.1, -0.05) is 25.1 Å². The molecule has 2 amide bonds. The van der Waals surface area contributed by atoms with Crippen molar-refractivity contribution in [2.24, 2.45) is 17.3 Å². The van der Waals surface area contributed by atoms with E-state index in [1.165, 1.54) is 0 Å². The largest absolute Gasteiger partial charge is 0.481 e. The first-order valence-corrected chi connectivity index (χ1v) is 9.66. The van der Waals surface area contributed by atoms with Gasteiger partial charge in [0.1, 0.15) is 0 Å². The fourth-order valence-corrected chi connectivity index (χ4v) is 4.43. The Hall–Kier alpha value is -2.37. The van der Waals surface area contributed by atoms with Crippen LogP contribution in [0.3, 0.4) is 0 Å². The second-order valence-electron chi connectivity index (χ2n) is 8.34. The van der Waals surface area contributed by atoms with Crippen molar-refractivity contribution in [2.45, 2.75) is 33.1 Å². The van der Waals surface area contributed by atoms with Crippen molar-refractivity contribution >= 4 is 17.8 Å². The molecule has 2 fully saturated rings. The molecular formula is C21H28N2O4. The fraction of sp³-hybridized carbons (Fsp3) is 0.571. The molecule has 6 heteroatoms. The van der Waals surface area contributed by atoms with Gasteiger partial charge in [-0.05, 0) is 44.2 Å². The number of carbonyl (C=O) groups excluding carboxylic acids is 2. The summed E-state index contributed by atoms with van der Waals surface area (Å²) in [7, 11) is 0. The molecule has 0 aromatic heterocycles. The minimum atomic E-state index is -0.839. The van der Waals surface area contributed by atoms with E-state index in [1.54, 1.807) is 21.9 Å². The zero-order chi connectivity index (χ0) is 19.6. The number of rotatable bonds is 3. The van der Waals surface area contributed by atoms with Crippen LogP contribution in [0.25, 0.3) is 0 Å². The molecule has 0 spiro atoms.